The zero-order chi connectivity index (χ0) is 17.9. The molecule has 1 aromatic rings. The van der Waals surface area contributed by atoms with Crippen molar-refractivity contribution >= 4 is 5.91 Å². The van der Waals surface area contributed by atoms with Crippen LogP contribution < -0.4 is 0 Å². The van der Waals surface area contributed by atoms with Crippen molar-refractivity contribution in [1.29, 1.82) is 0 Å². The van der Waals surface area contributed by atoms with E-state index in [0.717, 1.165) is 76.5 Å². The highest BCUT2D eigenvalue weighted by atomic mass is 16.5. The van der Waals surface area contributed by atoms with E-state index in [2.05, 4.69) is 15.0 Å². The first-order chi connectivity index (χ1) is 12.7. The van der Waals surface area contributed by atoms with Gasteiger partial charge in [-0.25, -0.2) is 0 Å². The average Bonchev–Trinajstić information content (AvgIpc) is 3.44. The summed E-state index contributed by atoms with van der Waals surface area (Å²) in [6, 6.07) is 0.588. The highest BCUT2D eigenvalue weighted by Gasteiger charge is 2.32. The molecule has 1 unspecified atom stereocenters. The fourth-order valence-corrected chi connectivity index (χ4v) is 4.14. The van der Waals surface area contributed by atoms with E-state index in [4.69, 9.17) is 9.26 Å². The van der Waals surface area contributed by atoms with Crippen molar-refractivity contribution in [3.8, 4) is 0 Å². The number of carbonyl (C=O) groups excluding carboxylic acids is 1. The number of likely N-dealkylation sites (N-methyl/N-ethyl adjacent to an activating group) is 1. The van der Waals surface area contributed by atoms with Crippen LogP contribution >= 0.6 is 0 Å². The smallest absolute Gasteiger partial charge is 0.229 e. The van der Waals surface area contributed by atoms with Gasteiger partial charge in [-0.3, -0.25) is 9.69 Å². The second-order valence-electron chi connectivity index (χ2n) is 8.01. The van der Waals surface area contributed by atoms with E-state index in [0.29, 0.717) is 24.9 Å². The van der Waals surface area contributed by atoms with E-state index in [-0.39, 0.29) is 11.8 Å². The molecule has 1 aliphatic carbocycles. The van der Waals surface area contributed by atoms with Crippen LogP contribution in [-0.2, 0) is 16.0 Å². The first-order valence-electron chi connectivity index (χ1n) is 10.1. The molecule has 26 heavy (non-hydrogen) atoms. The van der Waals surface area contributed by atoms with Crippen molar-refractivity contribution in [3.63, 3.8) is 0 Å². The summed E-state index contributed by atoms with van der Waals surface area (Å²) in [5.74, 6) is 2.35. The molecule has 0 spiro atoms. The molecular weight excluding hydrogens is 332 g/mol. The maximum absolute atomic E-state index is 12.9. The Bertz CT molecular complexity index is 610. The molecule has 1 atom stereocenters. The monoisotopic (exact) mass is 362 g/mol. The summed E-state index contributed by atoms with van der Waals surface area (Å²) in [5, 5.41) is 4.05. The molecule has 7 heteroatoms. The Hall–Kier alpha value is -1.47. The van der Waals surface area contributed by atoms with Gasteiger partial charge in [0.1, 0.15) is 0 Å². The molecule has 7 nitrogen and oxygen atoms in total. The first-order valence-corrected chi connectivity index (χ1v) is 10.1. The Morgan fingerprint density at radius 3 is 2.81 bits per heavy atom. The van der Waals surface area contributed by atoms with Crippen molar-refractivity contribution in [2.24, 2.45) is 5.92 Å². The van der Waals surface area contributed by atoms with E-state index < -0.39 is 0 Å². The minimum absolute atomic E-state index is 0.115. The third kappa shape index (κ3) is 4.26. The summed E-state index contributed by atoms with van der Waals surface area (Å²) in [7, 11) is 1.90. The Balaban J connectivity index is 1.26. The van der Waals surface area contributed by atoms with Crippen LogP contribution in [0.3, 0.4) is 0 Å². The van der Waals surface area contributed by atoms with E-state index in [1.54, 1.807) is 0 Å². The summed E-state index contributed by atoms with van der Waals surface area (Å²) in [6.45, 7) is 4.36. The van der Waals surface area contributed by atoms with Gasteiger partial charge in [0.2, 0.25) is 11.8 Å². The predicted octanol–water partition coefficient (Wildman–Crippen LogP) is 1.84. The number of carbonyl (C=O) groups is 1. The molecule has 0 aromatic carbocycles. The van der Waals surface area contributed by atoms with Gasteiger partial charge in [0.15, 0.2) is 5.82 Å². The molecule has 0 N–H and O–H groups in total. The second kappa shape index (κ2) is 8.05. The molecule has 144 valence electrons. The molecule has 1 aromatic heterocycles. The van der Waals surface area contributed by atoms with Gasteiger partial charge in [-0.1, -0.05) is 5.16 Å². The van der Waals surface area contributed by atoms with Crippen molar-refractivity contribution < 1.29 is 14.1 Å². The van der Waals surface area contributed by atoms with Crippen LogP contribution in [0.15, 0.2) is 4.52 Å². The lowest BCUT2D eigenvalue weighted by Gasteiger charge is -2.40. The quantitative estimate of drug-likeness (QED) is 0.769. The summed E-state index contributed by atoms with van der Waals surface area (Å²) in [4.78, 5) is 21.7. The van der Waals surface area contributed by atoms with E-state index >= 15 is 0 Å². The van der Waals surface area contributed by atoms with Gasteiger partial charge in [0.05, 0.1) is 5.92 Å². The third-order valence-electron chi connectivity index (χ3n) is 5.97. The number of hydrogen-bond donors (Lipinski definition) is 0. The second-order valence-corrected chi connectivity index (χ2v) is 8.01. The highest BCUT2D eigenvalue weighted by molar-refractivity contribution is 5.78. The van der Waals surface area contributed by atoms with Gasteiger partial charge in [-0.2, -0.15) is 4.98 Å². The van der Waals surface area contributed by atoms with Crippen molar-refractivity contribution in [2.75, 3.05) is 39.9 Å². The maximum atomic E-state index is 12.9. The summed E-state index contributed by atoms with van der Waals surface area (Å²) in [6.07, 6.45) is 7.27. The summed E-state index contributed by atoms with van der Waals surface area (Å²) >= 11 is 0. The normalized spacial score (nSPS) is 25.3. The highest BCUT2D eigenvalue weighted by Crippen LogP contribution is 2.38. The molecule has 3 fully saturated rings. The zero-order valence-corrected chi connectivity index (χ0v) is 15.7. The Morgan fingerprint density at radius 1 is 1.23 bits per heavy atom. The molecule has 0 bridgehead atoms. The molecule has 3 heterocycles. The van der Waals surface area contributed by atoms with Crippen LogP contribution in [0.1, 0.15) is 56.2 Å². The van der Waals surface area contributed by atoms with Crippen LogP contribution in [0.25, 0.3) is 0 Å². The van der Waals surface area contributed by atoms with Crippen LogP contribution in [0.2, 0.25) is 0 Å². The van der Waals surface area contributed by atoms with Crippen LogP contribution in [-0.4, -0.2) is 71.8 Å². The van der Waals surface area contributed by atoms with Crippen molar-refractivity contribution in [3.05, 3.63) is 11.7 Å². The number of ether oxygens (including phenoxy) is 1. The average molecular weight is 362 g/mol. The van der Waals surface area contributed by atoms with Crippen molar-refractivity contribution in [2.45, 2.75) is 56.9 Å². The summed E-state index contributed by atoms with van der Waals surface area (Å²) in [5.41, 5.74) is 0. The number of likely N-dealkylation sites (tertiary alicyclic amines) is 1. The standard InChI is InChI=1S/C19H30N4O3/c1-22(10-6-17-20-18(26-21-17)14-4-5-14)19(24)15-3-2-9-23(13-15)16-7-11-25-12-8-16/h14-16H,2-13H2,1H3. The molecular formula is C19H30N4O3. The molecule has 3 aliphatic rings. The fraction of sp³-hybridized carbons (Fsp3) is 0.842. The topological polar surface area (TPSA) is 71.7 Å². The maximum Gasteiger partial charge on any atom is 0.229 e. The van der Waals surface area contributed by atoms with Gasteiger partial charge in [0, 0.05) is 51.7 Å². The Labute approximate surface area is 155 Å². The Morgan fingerprint density at radius 2 is 2.04 bits per heavy atom. The lowest BCUT2D eigenvalue weighted by atomic mass is 9.93. The molecule has 4 rings (SSSR count). The number of piperidine rings is 1. The molecule has 1 saturated carbocycles. The van der Waals surface area contributed by atoms with E-state index in [1.165, 1.54) is 0 Å². The predicted molar refractivity (Wildman–Crippen MR) is 95.8 cm³/mol. The lowest BCUT2D eigenvalue weighted by molar-refractivity contribution is -0.136. The minimum Gasteiger partial charge on any atom is -0.381 e. The van der Waals surface area contributed by atoms with E-state index in [9.17, 15) is 4.79 Å². The van der Waals surface area contributed by atoms with Gasteiger partial charge in [-0.05, 0) is 45.1 Å². The SMILES string of the molecule is CN(CCc1noc(C2CC2)n1)C(=O)C1CCCN(C2CCOCC2)C1. The lowest BCUT2D eigenvalue weighted by Crippen LogP contribution is -2.49. The first kappa shape index (κ1) is 17.9. The minimum atomic E-state index is 0.115. The molecule has 1 amide bonds. The van der Waals surface area contributed by atoms with Gasteiger partial charge in [-0.15, -0.1) is 0 Å². The van der Waals surface area contributed by atoms with Crippen molar-refractivity contribution in [1.82, 2.24) is 19.9 Å². The number of hydrogen-bond acceptors (Lipinski definition) is 6. The zero-order valence-electron chi connectivity index (χ0n) is 15.7. The largest absolute Gasteiger partial charge is 0.381 e. The van der Waals surface area contributed by atoms with E-state index in [1.807, 2.05) is 11.9 Å². The number of nitrogens with zero attached hydrogens (tertiary/aromatic N) is 4. The van der Waals surface area contributed by atoms with Gasteiger partial charge < -0.3 is 14.2 Å². The molecule has 0 radical (unpaired) electrons. The third-order valence-corrected chi connectivity index (χ3v) is 5.97. The van der Waals surface area contributed by atoms with Gasteiger partial charge >= 0.3 is 0 Å². The number of aromatic nitrogens is 2. The van der Waals surface area contributed by atoms with Crippen LogP contribution in [0.4, 0.5) is 0 Å². The summed E-state index contributed by atoms with van der Waals surface area (Å²) < 4.78 is 10.8. The van der Waals surface area contributed by atoms with Crippen LogP contribution in [0.5, 0.6) is 0 Å². The number of amides is 1. The molecule has 2 aliphatic heterocycles. The van der Waals surface area contributed by atoms with Gasteiger partial charge in [0.25, 0.3) is 0 Å². The number of rotatable bonds is 6. The fourth-order valence-electron chi connectivity index (χ4n) is 4.14. The molecule has 2 saturated heterocycles. The Kier molecular flexibility index (Phi) is 5.55. The van der Waals surface area contributed by atoms with Crippen LogP contribution in [0, 0.1) is 5.92 Å².